The molecule has 1 saturated heterocycles. The number of benzene rings is 3. The number of anilines is 1. The van der Waals surface area contributed by atoms with E-state index < -0.39 is 15.9 Å². The molecule has 1 amide bonds. The highest BCUT2D eigenvalue weighted by atomic mass is 35.5. The number of aryl methyl sites for hydroxylation is 1. The second kappa shape index (κ2) is 10.6. The van der Waals surface area contributed by atoms with Gasteiger partial charge in [-0.15, -0.1) is 0 Å². The van der Waals surface area contributed by atoms with E-state index in [4.69, 9.17) is 11.6 Å². The van der Waals surface area contributed by atoms with Crippen molar-refractivity contribution in [1.82, 2.24) is 10.2 Å². The molecule has 34 heavy (non-hydrogen) atoms. The zero-order valence-electron chi connectivity index (χ0n) is 19.0. The third kappa shape index (κ3) is 5.78. The third-order valence-corrected chi connectivity index (χ3v) is 7.69. The van der Waals surface area contributed by atoms with E-state index in [-0.39, 0.29) is 21.5 Å². The summed E-state index contributed by atoms with van der Waals surface area (Å²) in [6.07, 6.45) is 2.27. The van der Waals surface area contributed by atoms with E-state index in [0.717, 1.165) is 37.1 Å². The van der Waals surface area contributed by atoms with E-state index in [2.05, 4.69) is 27.1 Å². The summed E-state index contributed by atoms with van der Waals surface area (Å²) in [5.41, 5.74) is 2.65. The maximum Gasteiger partial charge on any atom is 0.261 e. The highest BCUT2D eigenvalue weighted by Crippen LogP contribution is 2.26. The number of nitrogens with zero attached hydrogens (tertiary/aromatic N) is 1. The van der Waals surface area contributed by atoms with Crippen molar-refractivity contribution < 1.29 is 13.2 Å². The number of nitrogens with one attached hydrogen (secondary N) is 2. The first-order valence-corrected chi connectivity index (χ1v) is 13.2. The molecule has 178 valence electrons. The number of amides is 1. The molecular formula is C26H28ClN3O3S. The van der Waals surface area contributed by atoms with Crippen LogP contribution in [0.25, 0.3) is 0 Å². The van der Waals surface area contributed by atoms with Crippen LogP contribution in [-0.2, 0) is 10.0 Å². The van der Waals surface area contributed by atoms with Gasteiger partial charge in [-0.2, -0.15) is 0 Å². The molecule has 3 aromatic rings. The Bertz CT molecular complexity index is 1260. The van der Waals surface area contributed by atoms with Crippen LogP contribution in [0.15, 0.2) is 77.7 Å². The molecular weight excluding hydrogens is 470 g/mol. The van der Waals surface area contributed by atoms with Crippen LogP contribution < -0.4 is 10.0 Å². The summed E-state index contributed by atoms with van der Waals surface area (Å²) in [5.74, 6) is -0.405. The van der Waals surface area contributed by atoms with Gasteiger partial charge in [0, 0.05) is 12.2 Å². The van der Waals surface area contributed by atoms with Crippen molar-refractivity contribution in [3.05, 3.63) is 94.5 Å². The lowest BCUT2D eigenvalue weighted by Gasteiger charge is -2.28. The topological polar surface area (TPSA) is 78.5 Å². The summed E-state index contributed by atoms with van der Waals surface area (Å²) < 4.78 is 28.4. The van der Waals surface area contributed by atoms with Gasteiger partial charge in [0.2, 0.25) is 0 Å². The van der Waals surface area contributed by atoms with Crippen LogP contribution in [0.5, 0.6) is 0 Å². The average Bonchev–Trinajstić information content (AvgIpc) is 3.34. The van der Waals surface area contributed by atoms with E-state index in [1.165, 1.54) is 18.2 Å². The molecule has 0 radical (unpaired) electrons. The molecule has 0 aliphatic carbocycles. The van der Waals surface area contributed by atoms with Gasteiger partial charge >= 0.3 is 0 Å². The Kier molecular flexibility index (Phi) is 7.56. The summed E-state index contributed by atoms with van der Waals surface area (Å²) in [6.45, 7) is 4.24. The molecule has 0 saturated carbocycles. The molecule has 1 atom stereocenters. The van der Waals surface area contributed by atoms with E-state index in [1.54, 1.807) is 18.2 Å². The molecule has 8 heteroatoms. The lowest BCUT2D eigenvalue weighted by Crippen LogP contribution is -2.37. The van der Waals surface area contributed by atoms with Crippen molar-refractivity contribution in [1.29, 1.82) is 0 Å². The second-order valence-corrected chi connectivity index (χ2v) is 10.6. The number of halogens is 1. The Morgan fingerprint density at radius 3 is 2.44 bits per heavy atom. The van der Waals surface area contributed by atoms with Gasteiger partial charge in [-0.25, -0.2) is 8.42 Å². The van der Waals surface area contributed by atoms with Crippen LogP contribution in [0.2, 0.25) is 5.02 Å². The molecule has 6 nitrogen and oxygen atoms in total. The quantitative estimate of drug-likeness (QED) is 0.458. The molecule has 0 unspecified atom stereocenters. The number of carbonyl (C=O) groups is 1. The SMILES string of the molecule is Cc1cccc(NS(=O)(=O)c2ccc(Cl)c(C(=O)NC[C@@H](c3ccccc3)N3CCCC3)c2)c1. The Hall–Kier alpha value is -2.87. The number of rotatable bonds is 8. The van der Waals surface area contributed by atoms with E-state index in [1.807, 2.05) is 31.2 Å². The molecule has 1 fully saturated rings. The molecule has 0 aromatic heterocycles. The maximum absolute atomic E-state index is 13.1. The predicted molar refractivity (Wildman–Crippen MR) is 136 cm³/mol. The predicted octanol–water partition coefficient (Wildman–Crippen LogP) is 5.02. The van der Waals surface area contributed by atoms with E-state index in [0.29, 0.717) is 12.2 Å². The minimum absolute atomic E-state index is 0.0253. The number of hydrogen-bond acceptors (Lipinski definition) is 4. The number of hydrogen-bond donors (Lipinski definition) is 2. The van der Waals surface area contributed by atoms with Crippen molar-refractivity contribution in [2.75, 3.05) is 24.4 Å². The van der Waals surface area contributed by atoms with Gasteiger partial charge in [-0.1, -0.05) is 54.1 Å². The van der Waals surface area contributed by atoms with Crippen molar-refractivity contribution in [2.24, 2.45) is 0 Å². The Morgan fingerprint density at radius 1 is 1.00 bits per heavy atom. The first kappa shape index (κ1) is 24.3. The van der Waals surface area contributed by atoms with Crippen LogP contribution in [0.1, 0.15) is 40.4 Å². The van der Waals surface area contributed by atoms with E-state index in [9.17, 15) is 13.2 Å². The summed E-state index contributed by atoms with van der Waals surface area (Å²) in [5, 5.41) is 3.17. The first-order valence-electron chi connectivity index (χ1n) is 11.3. The van der Waals surface area contributed by atoms with Gasteiger partial charge in [0.15, 0.2) is 0 Å². The number of carbonyl (C=O) groups excluding carboxylic acids is 1. The minimum atomic E-state index is -3.89. The fourth-order valence-corrected chi connectivity index (χ4v) is 5.52. The zero-order valence-corrected chi connectivity index (χ0v) is 20.6. The van der Waals surface area contributed by atoms with E-state index >= 15 is 0 Å². The van der Waals surface area contributed by atoms with Gasteiger partial charge in [-0.3, -0.25) is 14.4 Å². The normalized spacial score (nSPS) is 15.1. The highest BCUT2D eigenvalue weighted by Gasteiger charge is 2.25. The van der Waals surface area contributed by atoms with Crippen molar-refractivity contribution in [2.45, 2.75) is 30.7 Å². The van der Waals surface area contributed by atoms with Crippen LogP contribution in [0.3, 0.4) is 0 Å². The molecule has 3 aromatic carbocycles. The van der Waals surface area contributed by atoms with Gasteiger partial charge in [-0.05, 0) is 74.3 Å². The summed E-state index contributed by atoms with van der Waals surface area (Å²) in [4.78, 5) is 15.4. The molecule has 1 aliphatic heterocycles. The molecule has 1 heterocycles. The minimum Gasteiger partial charge on any atom is -0.350 e. The first-order chi connectivity index (χ1) is 16.3. The van der Waals surface area contributed by atoms with Gasteiger partial charge < -0.3 is 5.32 Å². The number of sulfonamides is 1. The van der Waals surface area contributed by atoms with Crippen LogP contribution in [0.4, 0.5) is 5.69 Å². The van der Waals surface area contributed by atoms with Crippen LogP contribution in [0, 0.1) is 6.92 Å². The largest absolute Gasteiger partial charge is 0.350 e. The molecule has 4 rings (SSSR count). The van der Waals surface area contributed by atoms with Gasteiger partial charge in [0.05, 0.1) is 21.5 Å². The second-order valence-electron chi connectivity index (χ2n) is 8.50. The van der Waals surface area contributed by atoms with Crippen molar-refractivity contribution >= 4 is 33.2 Å². The maximum atomic E-state index is 13.1. The molecule has 1 aliphatic rings. The summed E-state index contributed by atoms with van der Waals surface area (Å²) >= 11 is 6.30. The fraction of sp³-hybridized carbons (Fsp3) is 0.269. The van der Waals surface area contributed by atoms with Crippen molar-refractivity contribution in [3.8, 4) is 0 Å². The molecule has 0 bridgehead atoms. The summed E-state index contributed by atoms with van der Waals surface area (Å²) in [6, 6.07) is 21.4. The van der Waals surface area contributed by atoms with Crippen molar-refractivity contribution in [3.63, 3.8) is 0 Å². The molecule has 2 N–H and O–H groups in total. The third-order valence-electron chi connectivity index (χ3n) is 5.98. The average molecular weight is 498 g/mol. The highest BCUT2D eigenvalue weighted by molar-refractivity contribution is 7.92. The Labute approximate surface area is 206 Å². The molecule has 0 spiro atoms. The van der Waals surface area contributed by atoms with Crippen LogP contribution >= 0.6 is 11.6 Å². The van der Waals surface area contributed by atoms with Gasteiger partial charge in [0.1, 0.15) is 0 Å². The fourth-order valence-electron chi connectivity index (χ4n) is 4.24. The van der Waals surface area contributed by atoms with Crippen LogP contribution in [-0.4, -0.2) is 38.9 Å². The standard InChI is InChI=1S/C26H28ClN3O3S/c1-19-8-7-11-21(16-19)29-34(32,33)22-12-13-24(27)23(17-22)26(31)28-18-25(30-14-5-6-15-30)20-9-3-2-4-10-20/h2-4,7-13,16-17,25,29H,5-6,14-15,18H2,1H3,(H,28,31)/t25-/m0/s1. The summed E-state index contributed by atoms with van der Waals surface area (Å²) in [7, 11) is -3.89. The lowest BCUT2D eigenvalue weighted by molar-refractivity contribution is 0.0938. The van der Waals surface area contributed by atoms with Gasteiger partial charge in [0.25, 0.3) is 15.9 Å². The zero-order chi connectivity index (χ0) is 24.1. The Morgan fingerprint density at radius 2 is 1.74 bits per heavy atom. The lowest BCUT2D eigenvalue weighted by atomic mass is 10.1. The number of likely N-dealkylation sites (tertiary alicyclic amines) is 1. The monoisotopic (exact) mass is 497 g/mol. The smallest absolute Gasteiger partial charge is 0.261 e. The Balaban J connectivity index is 1.52.